The summed E-state index contributed by atoms with van der Waals surface area (Å²) >= 11 is 12.2. The molecule has 2 aromatic rings. The molecule has 4 rings (SSSR count). The van der Waals surface area contributed by atoms with E-state index in [-0.39, 0.29) is 5.91 Å². The Bertz CT molecular complexity index is 1090. The summed E-state index contributed by atoms with van der Waals surface area (Å²) in [5, 5.41) is 11.4. The molecule has 1 aliphatic heterocycles. The Kier molecular flexibility index (Phi) is 10.3. The molecule has 2 fully saturated rings. The van der Waals surface area contributed by atoms with Crippen LogP contribution in [0.15, 0.2) is 47.5 Å². The number of aliphatic imine (C=N–C) groups is 1. The highest BCUT2D eigenvalue weighted by molar-refractivity contribution is 6.35. The zero-order chi connectivity index (χ0) is 27.1. The van der Waals surface area contributed by atoms with Crippen LogP contribution in [0.1, 0.15) is 68.8 Å². The maximum Gasteiger partial charge on any atom is 0.251 e. The first-order valence-electron chi connectivity index (χ1n) is 14.0. The smallest absolute Gasteiger partial charge is 0.251 e. The molecule has 1 saturated carbocycles. The number of anilines is 1. The number of rotatable bonds is 7. The van der Waals surface area contributed by atoms with Crippen LogP contribution in [0, 0.1) is 5.92 Å². The number of carbonyl (C=O) groups is 1. The van der Waals surface area contributed by atoms with Crippen molar-refractivity contribution >= 4 is 40.8 Å². The standard InChI is InChI=1S/C30H41Cl2N5O/c1-4-22-5-11-26(12-6-22)35-30(37-18-20(2)34-21(3)19-37)36-27-13-8-24(9-14-27)29(38)33-16-15-23-7-10-25(31)17-28(23)32/h7-10,13-14,17,20-22,26,34H,4-6,11-12,15-16,18-19H2,1-3H3,(H,33,38)(H,35,36)/t20-,21+,22?,26?. The van der Waals surface area contributed by atoms with E-state index >= 15 is 0 Å². The fraction of sp³-hybridized carbons (Fsp3) is 0.533. The molecule has 1 amide bonds. The molecule has 2 atom stereocenters. The van der Waals surface area contributed by atoms with Gasteiger partial charge in [-0.1, -0.05) is 42.6 Å². The summed E-state index contributed by atoms with van der Waals surface area (Å²) in [5.41, 5.74) is 2.52. The van der Waals surface area contributed by atoms with Crippen molar-refractivity contribution in [3.63, 3.8) is 0 Å². The third-order valence-electron chi connectivity index (χ3n) is 7.65. The zero-order valence-corrected chi connectivity index (χ0v) is 24.3. The largest absolute Gasteiger partial charge is 0.352 e. The van der Waals surface area contributed by atoms with Crippen molar-refractivity contribution < 1.29 is 4.79 Å². The van der Waals surface area contributed by atoms with Crippen molar-refractivity contribution in [1.82, 2.24) is 15.5 Å². The number of amides is 1. The third-order valence-corrected chi connectivity index (χ3v) is 8.24. The Balaban J connectivity index is 1.38. The number of hydrogen-bond donors (Lipinski definition) is 3. The number of guanidine groups is 1. The van der Waals surface area contributed by atoms with E-state index < -0.39 is 0 Å². The number of hydrogen-bond acceptors (Lipinski definition) is 3. The van der Waals surface area contributed by atoms with E-state index in [0.717, 1.165) is 49.1 Å². The Hall–Kier alpha value is -2.28. The number of halogens is 2. The van der Waals surface area contributed by atoms with Gasteiger partial charge in [-0.25, -0.2) is 4.99 Å². The van der Waals surface area contributed by atoms with E-state index in [1.807, 2.05) is 36.4 Å². The van der Waals surface area contributed by atoms with Gasteiger partial charge in [-0.2, -0.15) is 0 Å². The lowest BCUT2D eigenvalue weighted by atomic mass is 9.85. The Morgan fingerprint density at radius 3 is 2.34 bits per heavy atom. The fourth-order valence-corrected chi connectivity index (χ4v) is 6.02. The molecule has 1 aliphatic carbocycles. The summed E-state index contributed by atoms with van der Waals surface area (Å²) in [6.07, 6.45) is 6.75. The van der Waals surface area contributed by atoms with Crippen LogP contribution in [0.4, 0.5) is 5.69 Å². The topological polar surface area (TPSA) is 68.8 Å². The average Bonchev–Trinajstić information content (AvgIpc) is 2.90. The Labute approximate surface area is 237 Å². The quantitative estimate of drug-likeness (QED) is 0.272. The monoisotopic (exact) mass is 557 g/mol. The first kappa shape index (κ1) is 28.7. The predicted octanol–water partition coefficient (Wildman–Crippen LogP) is 6.38. The molecule has 2 aromatic carbocycles. The van der Waals surface area contributed by atoms with Crippen LogP contribution in [-0.2, 0) is 6.42 Å². The minimum atomic E-state index is -0.104. The van der Waals surface area contributed by atoms with Gasteiger partial charge >= 0.3 is 0 Å². The van der Waals surface area contributed by atoms with E-state index in [4.69, 9.17) is 28.2 Å². The molecule has 1 saturated heterocycles. The molecule has 6 nitrogen and oxygen atoms in total. The van der Waals surface area contributed by atoms with Crippen LogP contribution in [-0.4, -0.2) is 54.5 Å². The van der Waals surface area contributed by atoms with Gasteiger partial charge in [0, 0.05) is 53.0 Å². The van der Waals surface area contributed by atoms with Gasteiger partial charge < -0.3 is 20.9 Å². The number of carbonyl (C=O) groups excluding carboxylic acids is 1. The predicted molar refractivity (Wildman–Crippen MR) is 160 cm³/mol. The maximum absolute atomic E-state index is 12.7. The minimum Gasteiger partial charge on any atom is -0.352 e. The molecule has 1 heterocycles. The summed E-state index contributed by atoms with van der Waals surface area (Å²) in [7, 11) is 0. The van der Waals surface area contributed by atoms with Crippen LogP contribution in [0.5, 0.6) is 0 Å². The van der Waals surface area contributed by atoms with E-state index in [1.54, 1.807) is 6.07 Å². The summed E-state index contributed by atoms with van der Waals surface area (Å²) in [6, 6.07) is 14.2. The van der Waals surface area contributed by atoms with Gasteiger partial charge in [-0.15, -0.1) is 0 Å². The molecular formula is C30H41Cl2N5O. The van der Waals surface area contributed by atoms with Crippen LogP contribution in [0.3, 0.4) is 0 Å². The molecule has 2 aliphatic rings. The molecular weight excluding hydrogens is 517 g/mol. The Morgan fingerprint density at radius 1 is 1.03 bits per heavy atom. The normalized spacial score (nSPS) is 24.2. The molecule has 0 radical (unpaired) electrons. The van der Waals surface area contributed by atoms with Crippen LogP contribution >= 0.6 is 23.2 Å². The lowest BCUT2D eigenvalue weighted by Gasteiger charge is -2.39. The third kappa shape index (κ3) is 8.11. The summed E-state index contributed by atoms with van der Waals surface area (Å²) in [4.78, 5) is 20.3. The summed E-state index contributed by atoms with van der Waals surface area (Å²) < 4.78 is 0. The minimum absolute atomic E-state index is 0.104. The van der Waals surface area contributed by atoms with Crippen molar-refractivity contribution in [2.45, 2.75) is 77.4 Å². The number of benzene rings is 2. The van der Waals surface area contributed by atoms with Crippen LogP contribution in [0.25, 0.3) is 0 Å². The second-order valence-electron chi connectivity index (χ2n) is 10.9. The summed E-state index contributed by atoms with van der Waals surface area (Å²) in [6.45, 7) is 9.07. The molecule has 38 heavy (non-hydrogen) atoms. The second-order valence-corrected chi connectivity index (χ2v) is 11.7. The van der Waals surface area contributed by atoms with Gasteiger partial charge in [-0.05, 0) is 93.8 Å². The molecule has 0 bridgehead atoms. The van der Waals surface area contributed by atoms with Gasteiger partial charge in [0.2, 0.25) is 0 Å². The fourth-order valence-electron chi connectivity index (χ4n) is 5.52. The van der Waals surface area contributed by atoms with E-state index in [0.29, 0.717) is 46.7 Å². The lowest BCUT2D eigenvalue weighted by molar-refractivity contribution is 0.0954. The Morgan fingerprint density at radius 2 is 1.71 bits per heavy atom. The van der Waals surface area contributed by atoms with Gasteiger partial charge in [0.25, 0.3) is 5.91 Å². The van der Waals surface area contributed by atoms with Crippen molar-refractivity contribution in [1.29, 1.82) is 0 Å². The van der Waals surface area contributed by atoms with E-state index in [9.17, 15) is 4.79 Å². The maximum atomic E-state index is 12.7. The lowest BCUT2D eigenvalue weighted by Crippen LogP contribution is -2.57. The van der Waals surface area contributed by atoms with Crippen molar-refractivity contribution in [3.8, 4) is 0 Å². The number of nitrogens with one attached hydrogen (secondary N) is 3. The van der Waals surface area contributed by atoms with Gasteiger partial charge in [0.1, 0.15) is 0 Å². The van der Waals surface area contributed by atoms with Crippen molar-refractivity contribution in [3.05, 3.63) is 63.6 Å². The van der Waals surface area contributed by atoms with E-state index in [2.05, 4.69) is 41.6 Å². The molecule has 3 N–H and O–H groups in total. The SMILES string of the molecule is CCC1CCC(N=C(Nc2ccc(C(=O)NCCc3ccc(Cl)cc3Cl)cc2)N2C[C@@H](C)N[C@@H](C)C2)CC1. The zero-order valence-electron chi connectivity index (χ0n) is 22.8. The van der Waals surface area contributed by atoms with Gasteiger partial charge in [-0.3, -0.25) is 4.79 Å². The number of nitrogens with zero attached hydrogens (tertiary/aromatic N) is 2. The molecule has 0 aromatic heterocycles. The van der Waals surface area contributed by atoms with Crippen molar-refractivity contribution in [2.24, 2.45) is 10.9 Å². The second kappa shape index (κ2) is 13.7. The highest BCUT2D eigenvalue weighted by Gasteiger charge is 2.26. The summed E-state index contributed by atoms with van der Waals surface area (Å²) in [5.74, 6) is 1.69. The highest BCUT2D eigenvalue weighted by Crippen LogP contribution is 2.29. The van der Waals surface area contributed by atoms with Gasteiger partial charge in [0.05, 0.1) is 6.04 Å². The molecule has 0 spiro atoms. The van der Waals surface area contributed by atoms with Crippen molar-refractivity contribution in [2.75, 3.05) is 25.0 Å². The first-order chi connectivity index (χ1) is 18.3. The number of piperazine rings is 1. The van der Waals surface area contributed by atoms with E-state index in [1.165, 1.54) is 19.3 Å². The van der Waals surface area contributed by atoms with Crippen LogP contribution < -0.4 is 16.0 Å². The molecule has 8 heteroatoms. The average molecular weight is 559 g/mol. The highest BCUT2D eigenvalue weighted by atomic mass is 35.5. The van der Waals surface area contributed by atoms with Crippen LogP contribution in [0.2, 0.25) is 10.0 Å². The molecule has 0 unspecified atom stereocenters. The van der Waals surface area contributed by atoms with Gasteiger partial charge in [0.15, 0.2) is 5.96 Å². The first-order valence-corrected chi connectivity index (χ1v) is 14.7. The molecule has 206 valence electrons.